The van der Waals surface area contributed by atoms with E-state index in [2.05, 4.69) is 5.32 Å². The minimum atomic E-state index is -1.06. The Balaban J connectivity index is 2.18. The van der Waals surface area contributed by atoms with Gasteiger partial charge >= 0.3 is 12.1 Å². The summed E-state index contributed by atoms with van der Waals surface area (Å²) in [5.41, 5.74) is 1.06. The summed E-state index contributed by atoms with van der Waals surface area (Å²) in [5, 5.41) is 12.0. The molecule has 1 amide bonds. The Hall–Kier alpha value is -2.82. The molecule has 23 heavy (non-hydrogen) atoms. The number of anilines is 1. The van der Waals surface area contributed by atoms with E-state index in [1.165, 1.54) is 0 Å². The van der Waals surface area contributed by atoms with Crippen LogP contribution in [0.25, 0.3) is 0 Å². The molecule has 0 aliphatic carbocycles. The summed E-state index contributed by atoms with van der Waals surface area (Å²) in [4.78, 5) is 23.5. The lowest BCUT2D eigenvalue weighted by Gasteiger charge is -2.12. The molecule has 2 aromatic rings. The zero-order valence-corrected chi connectivity index (χ0v) is 12.9. The molecule has 0 unspecified atom stereocenters. The number of carboxylic acid groups (broad SMARTS) is 1. The summed E-state index contributed by atoms with van der Waals surface area (Å²) in [6.45, 7) is 2.04. The van der Waals surface area contributed by atoms with E-state index in [1.54, 1.807) is 42.5 Å². The van der Waals surface area contributed by atoms with Crippen molar-refractivity contribution in [3.05, 3.63) is 59.7 Å². The molecule has 0 aromatic heterocycles. The molecular formula is C18H19NO4. The monoisotopic (exact) mass is 313 g/mol. The van der Waals surface area contributed by atoms with Gasteiger partial charge < -0.3 is 9.84 Å². The van der Waals surface area contributed by atoms with Gasteiger partial charge in [-0.1, -0.05) is 43.7 Å². The highest BCUT2D eigenvalue weighted by molar-refractivity contribution is 6.00. The summed E-state index contributed by atoms with van der Waals surface area (Å²) in [7, 11) is 0. The van der Waals surface area contributed by atoms with Crippen LogP contribution in [0.2, 0.25) is 0 Å². The van der Waals surface area contributed by atoms with Crippen molar-refractivity contribution < 1.29 is 19.4 Å². The van der Waals surface area contributed by atoms with Crippen LogP contribution in [-0.2, 0) is 6.42 Å². The second-order valence-corrected chi connectivity index (χ2v) is 5.08. The number of ether oxygens (including phenoxy) is 1. The van der Waals surface area contributed by atoms with E-state index in [1.807, 2.05) is 13.0 Å². The number of carbonyl (C=O) groups excluding carboxylic acids is 1. The van der Waals surface area contributed by atoms with Gasteiger partial charge in [-0.25, -0.2) is 9.59 Å². The van der Waals surface area contributed by atoms with Crippen LogP contribution in [0.15, 0.2) is 48.5 Å². The molecule has 0 aliphatic heterocycles. The smallest absolute Gasteiger partial charge is 0.417 e. The van der Waals surface area contributed by atoms with Gasteiger partial charge in [-0.3, -0.25) is 5.32 Å². The maximum atomic E-state index is 12.0. The summed E-state index contributed by atoms with van der Waals surface area (Å²) in [5.74, 6) is -0.671. The van der Waals surface area contributed by atoms with Crippen molar-refractivity contribution in [2.24, 2.45) is 0 Å². The quantitative estimate of drug-likeness (QED) is 0.832. The second kappa shape index (κ2) is 7.98. The van der Waals surface area contributed by atoms with Crippen LogP contribution in [0.5, 0.6) is 5.75 Å². The lowest BCUT2D eigenvalue weighted by Crippen LogP contribution is -2.19. The van der Waals surface area contributed by atoms with Crippen LogP contribution in [-0.4, -0.2) is 17.2 Å². The first-order valence-electron chi connectivity index (χ1n) is 7.51. The standard InChI is InChI=1S/C18H19NO4/c1-2-3-8-13-9-7-12-15(16(13)17(20)21)19-18(22)23-14-10-5-4-6-11-14/h4-7,9-12H,2-3,8H2,1H3,(H,19,22)(H,20,21). The van der Waals surface area contributed by atoms with Gasteiger partial charge in [-0.2, -0.15) is 0 Å². The number of aromatic carboxylic acids is 1. The van der Waals surface area contributed by atoms with Crippen LogP contribution >= 0.6 is 0 Å². The Morgan fingerprint density at radius 3 is 2.48 bits per heavy atom. The van der Waals surface area contributed by atoms with Gasteiger partial charge in [0.15, 0.2) is 0 Å². The largest absolute Gasteiger partial charge is 0.478 e. The Kier molecular flexibility index (Phi) is 5.74. The highest BCUT2D eigenvalue weighted by atomic mass is 16.6. The van der Waals surface area contributed by atoms with Gasteiger partial charge in [0.05, 0.1) is 11.3 Å². The third-order valence-electron chi connectivity index (χ3n) is 3.35. The highest BCUT2D eigenvalue weighted by Crippen LogP contribution is 2.22. The Bertz CT molecular complexity index is 683. The molecule has 2 rings (SSSR count). The van der Waals surface area contributed by atoms with E-state index >= 15 is 0 Å². The summed E-state index contributed by atoms with van der Waals surface area (Å²) in [6.07, 6.45) is 1.79. The van der Waals surface area contributed by atoms with Crippen molar-refractivity contribution in [3.63, 3.8) is 0 Å². The fourth-order valence-electron chi connectivity index (χ4n) is 2.26. The zero-order valence-electron chi connectivity index (χ0n) is 12.9. The fraction of sp³-hybridized carbons (Fsp3) is 0.222. The minimum Gasteiger partial charge on any atom is -0.478 e. The number of amides is 1. The first-order valence-corrected chi connectivity index (χ1v) is 7.51. The maximum absolute atomic E-state index is 12.0. The fourth-order valence-corrected chi connectivity index (χ4v) is 2.26. The molecule has 0 heterocycles. The predicted octanol–water partition coefficient (Wildman–Crippen LogP) is 4.34. The molecule has 0 bridgehead atoms. The summed E-state index contributed by atoms with van der Waals surface area (Å²) < 4.78 is 5.13. The molecule has 120 valence electrons. The van der Waals surface area contributed by atoms with Crippen molar-refractivity contribution in [2.45, 2.75) is 26.2 Å². The lowest BCUT2D eigenvalue weighted by molar-refractivity contribution is 0.0697. The average Bonchev–Trinajstić information content (AvgIpc) is 2.53. The van der Waals surface area contributed by atoms with Crippen LogP contribution in [0, 0.1) is 0 Å². The normalized spacial score (nSPS) is 10.1. The van der Waals surface area contributed by atoms with Crippen LogP contribution in [0.3, 0.4) is 0 Å². The topological polar surface area (TPSA) is 75.6 Å². The first kappa shape index (κ1) is 16.5. The van der Waals surface area contributed by atoms with Crippen molar-refractivity contribution in [3.8, 4) is 5.75 Å². The SMILES string of the molecule is CCCCc1cccc(NC(=O)Oc2ccccc2)c1C(=O)O. The van der Waals surface area contributed by atoms with Crippen molar-refractivity contribution in [1.29, 1.82) is 0 Å². The number of carbonyl (C=O) groups is 2. The highest BCUT2D eigenvalue weighted by Gasteiger charge is 2.17. The number of benzene rings is 2. The molecule has 0 saturated carbocycles. The third kappa shape index (κ3) is 4.57. The molecule has 0 aliphatic rings. The number of carboxylic acids is 1. The molecule has 0 atom stereocenters. The second-order valence-electron chi connectivity index (χ2n) is 5.08. The molecule has 0 radical (unpaired) electrons. The molecule has 2 aromatic carbocycles. The average molecular weight is 313 g/mol. The van der Waals surface area contributed by atoms with E-state index in [0.29, 0.717) is 17.7 Å². The van der Waals surface area contributed by atoms with Crippen LogP contribution in [0.4, 0.5) is 10.5 Å². The molecule has 2 N–H and O–H groups in total. The van der Waals surface area contributed by atoms with E-state index in [4.69, 9.17) is 4.74 Å². The Morgan fingerprint density at radius 1 is 1.09 bits per heavy atom. The van der Waals surface area contributed by atoms with E-state index in [-0.39, 0.29) is 11.3 Å². The van der Waals surface area contributed by atoms with Crippen LogP contribution in [0.1, 0.15) is 35.7 Å². The van der Waals surface area contributed by atoms with Gasteiger partial charge in [0.1, 0.15) is 5.75 Å². The van der Waals surface area contributed by atoms with Crippen molar-refractivity contribution >= 4 is 17.7 Å². The van der Waals surface area contributed by atoms with E-state index in [0.717, 1.165) is 12.8 Å². The van der Waals surface area contributed by atoms with Gasteiger partial charge in [0, 0.05) is 0 Å². The van der Waals surface area contributed by atoms with Gasteiger partial charge in [-0.05, 0) is 36.6 Å². The van der Waals surface area contributed by atoms with Gasteiger partial charge in [0.2, 0.25) is 0 Å². The molecule has 0 spiro atoms. The molecule has 5 nitrogen and oxygen atoms in total. The molecule has 0 saturated heterocycles. The van der Waals surface area contributed by atoms with E-state index in [9.17, 15) is 14.7 Å². The number of nitrogens with one attached hydrogen (secondary N) is 1. The number of para-hydroxylation sites is 1. The molecular weight excluding hydrogens is 294 g/mol. The number of unbranched alkanes of at least 4 members (excludes halogenated alkanes) is 1. The maximum Gasteiger partial charge on any atom is 0.417 e. The lowest BCUT2D eigenvalue weighted by atomic mass is 10.0. The summed E-state index contributed by atoms with van der Waals surface area (Å²) >= 11 is 0. The molecule has 5 heteroatoms. The number of rotatable bonds is 6. The van der Waals surface area contributed by atoms with Crippen molar-refractivity contribution in [2.75, 3.05) is 5.32 Å². The predicted molar refractivity (Wildman–Crippen MR) is 88.1 cm³/mol. The van der Waals surface area contributed by atoms with Crippen LogP contribution < -0.4 is 10.1 Å². The van der Waals surface area contributed by atoms with E-state index < -0.39 is 12.1 Å². The minimum absolute atomic E-state index is 0.117. The first-order chi connectivity index (χ1) is 11.1. The van der Waals surface area contributed by atoms with Crippen molar-refractivity contribution in [1.82, 2.24) is 0 Å². The summed E-state index contributed by atoms with van der Waals surface area (Å²) in [6, 6.07) is 13.7. The van der Waals surface area contributed by atoms with Gasteiger partial charge in [-0.15, -0.1) is 0 Å². The molecule has 0 fully saturated rings. The Morgan fingerprint density at radius 2 is 1.83 bits per heavy atom. The number of hydrogen-bond acceptors (Lipinski definition) is 3. The third-order valence-corrected chi connectivity index (χ3v) is 3.35. The zero-order chi connectivity index (χ0) is 16.7. The number of aryl methyl sites for hydroxylation is 1. The van der Waals surface area contributed by atoms with Gasteiger partial charge in [0.25, 0.3) is 0 Å². The Labute approximate surface area is 134 Å². The number of hydrogen-bond donors (Lipinski definition) is 2.